The number of carbonyl (C=O) groups is 2. The lowest BCUT2D eigenvalue weighted by molar-refractivity contribution is -0.135. The van der Waals surface area contributed by atoms with Crippen LogP contribution >= 0.6 is 0 Å². The number of nitriles is 1. The van der Waals surface area contributed by atoms with E-state index in [0.29, 0.717) is 42.3 Å². The molecule has 3 rings (SSSR count). The average Bonchev–Trinajstić information content (AvgIpc) is 2.97. The maximum Gasteiger partial charge on any atom is 0.407 e. The van der Waals surface area contributed by atoms with Crippen molar-refractivity contribution in [1.29, 1.82) is 5.26 Å². The van der Waals surface area contributed by atoms with Crippen molar-refractivity contribution in [2.24, 2.45) is 5.92 Å². The summed E-state index contributed by atoms with van der Waals surface area (Å²) in [6, 6.07) is 9.31. The molecule has 8 heteroatoms. The van der Waals surface area contributed by atoms with Gasteiger partial charge in [0.1, 0.15) is 12.4 Å². The smallest absolute Gasteiger partial charge is 0.407 e. The first-order valence-electron chi connectivity index (χ1n) is 10.9. The molecule has 0 aliphatic carbocycles. The molecular weight excluding hydrogens is 396 g/mol. The van der Waals surface area contributed by atoms with E-state index in [1.165, 1.54) is 7.11 Å². The SMILES string of the molecule is COC(=O)N[C@H](COc1ccc(C#N)cc1)CN1C2CCC1CN(C(=O)CC(C)C)C2. The predicted octanol–water partition coefficient (Wildman–Crippen LogP) is 2.38. The van der Waals surface area contributed by atoms with Gasteiger partial charge < -0.3 is 19.7 Å². The van der Waals surface area contributed by atoms with E-state index in [2.05, 4.69) is 30.1 Å². The van der Waals surface area contributed by atoms with E-state index in [1.807, 2.05) is 4.90 Å². The van der Waals surface area contributed by atoms with E-state index in [4.69, 9.17) is 14.7 Å². The number of piperazine rings is 1. The normalized spacial score (nSPS) is 21.5. The highest BCUT2D eigenvalue weighted by Crippen LogP contribution is 2.31. The van der Waals surface area contributed by atoms with Crippen LogP contribution in [0.15, 0.2) is 24.3 Å². The van der Waals surface area contributed by atoms with Crippen molar-refractivity contribution in [2.75, 3.05) is 33.4 Å². The number of benzene rings is 1. The number of amides is 2. The highest BCUT2D eigenvalue weighted by atomic mass is 16.5. The molecule has 2 fully saturated rings. The number of methoxy groups -OCH3 is 1. The summed E-state index contributed by atoms with van der Waals surface area (Å²) in [7, 11) is 1.34. The van der Waals surface area contributed by atoms with Gasteiger partial charge in [-0.1, -0.05) is 13.8 Å². The molecule has 3 atom stereocenters. The second-order valence-corrected chi connectivity index (χ2v) is 8.76. The Kier molecular flexibility index (Phi) is 7.75. The summed E-state index contributed by atoms with van der Waals surface area (Å²) in [5.74, 6) is 1.24. The van der Waals surface area contributed by atoms with Crippen molar-refractivity contribution < 1.29 is 19.1 Å². The molecule has 2 aliphatic heterocycles. The molecule has 0 radical (unpaired) electrons. The van der Waals surface area contributed by atoms with E-state index < -0.39 is 6.09 Å². The largest absolute Gasteiger partial charge is 0.491 e. The minimum absolute atomic E-state index is 0.236. The zero-order valence-corrected chi connectivity index (χ0v) is 18.5. The number of fused-ring (bicyclic) bond motifs is 2. The molecule has 31 heavy (non-hydrogen) atoms. The molecule has 2 saturated heterocycles. The Hall–Kier alpha value is -2.79. The van der Waals surface area contributed by atoms with Crippen LogP contribution in [0.5, 0.6) is 5.75 Å². The van der Waals surface area contributed by atoms with Crippen molar-refractivity contribution in [3.05, 3.63) is 29.8 Å². The van der Waals surface area contributed by atoms with Crippen LogP contribution in [-0.4, -0.2) is 73.3 Å². The number of hydrogen-bond donors (Lipinski definition) is 1. The predicted molar refractivity (Wildman–Crippen MR) is 116 cm³/mol. The van der Waals surface area contributed by atoms with Crippen LogP contribution in [0.4, 0.5) is 4.79 Å². The minimum Gasteiger partial charge on any atom is -0.491 e. The Morgan fingerprint density at radius 1 is 1.19 bits per heavy atom. The summed E-state index contributed by atoms with van der Waals surface area (Å²) in [6.07, 6.45) is 2.20. The van der Waals surface area contributed by atoms with Crippen LogP contribution in [0, 0.1) is 17.2 Å². The topological polar surface area (TPSA) is 94.9 Å². The first-order valence-corrected chi connectivity index (χ1v) is 10.9. The first kappa shape index (κ1) is 22.9. The van der Waals surface area contributed by atoms with Crippen molar-refractivity contribution in [3.63, 3.8) is 0 Å². The van der Waals surface area contributed by atoms with E-state index in [1.54, 1.807) is 24.3 Å². The van der Waals surface area contributed by atoms with Gasteiger partial charge in [-0.3, -0.25) is 9.69 Å². The Morgan fingerprint density at radius 2 is 1.84 bits per heavy atom. The van der Waals surface area contributed by atoms with E-state index in [-0.39, 0.29) is 18.6 Å². The van der Waals surface area contributed by atoms with E-state index in [0.717, 1.165) is 25.9 Å². The third-order valence-electron chi connectivity index (χ3n) is 5.94. The number of rotatable bonds is 8. The number of alkyl carbamates (subject to hydrolysis) is 1. The number of nitrogens with zero attached hydrogens (tertiary/aromatic N) is 3. The van der Waals surface area contributed by atoms with Gasteiger partial charge in [-0.2, -0.15) is 5.26 Å². The summed E-state index contributed by atoms with van der Waals surface area (Å²) < 4.78 is 10.7. The van der Waals surface area contributed by atoms with Crippen LogP contribution in [0.3, 0.4) is 0 Å². The molecule has 168 valence electrons. The minimum atomic E-state index is -0.494. The molecular formula is C23H32N4O4. The van der Waals surface area contributed by atoms with Gasteiger partial charge in [0.25, 0.3) is 0 Å². The van der Waals surface area contributed by atoms with Crippen molar-refractivity contribution in [1.82, 2.24) is 15.1 Å². The lowest BCUT2D eigenvalue weighted by Crippen LogP contribution is -2.59. The molecule has 0 aromatic heterocycles. The summed E-state index contributed by atoms with van der Waals surface area (Å²) in [4.78, 5) is 28.8. The van der Waals surface area contributed by atoms with Crippen molar-refractivity contribution in [3.8, 4) is 11.8 Å². The third-order valence-corrected chi connectivity index (χ3v) is 5.94. The second kappa shape index (κ2) is 10.5. The summed E-state index contributed by atoms with van der Waals surface area (Å²) >= 11 is 0. The molecule has 2 heterocycles. The van der Waals surface area contributed by atoms with Gasteiger partial charge in [0.15, 0.2) is 0 Å². The van der Waals surface area contributed by atoms with Crippen LogP contribution < -0.4 is 10.1 Å². The number of nitrogens with one attached hydrogen (secondary N) is 1. The molecule has 2 aliphatic rings. The van der Waals surface area contributed by atoms with Crippen LogP contribution in [-0.2, 0) is 9.53 Å². The van der Waals surface area contributed by atoms with Gasteiger partial charge in [0, 0.05) is 38.1 Å². The lowest BCUT2D eigenvalue weighted by Gasteiger charge is -2.42. The fourth-order valence-corrected chi connectivity index (χ4v) is 4.41. The standard InChI is InChI=1S/C23H32N4O4/c1-16(2)10-22(28)26-13-19-6-7-20(14-26)27(19)12-18(25-23(29)30-3)15-31-21-8-4-17(11-24)5-9-21/h4-5,8-9,16,18-20H,6-7,10,12-15H2,1-3H3,(H,25,29)/t18-,19?,20?/m0/s1. The zero-order valence-electron chi connectivity index (χ0n) is 18.5. The third kappa shape index (κ3) is 6.11. The van der Waals surface area contributed by atoms with Gasteiger partial charge in [-0.25, -0.2) is 4.79 Å². The molecule has 2 unspecified atom stereocenters. The number of carbonyl (C=O) groups excluding carboxylic acids is 2. The summed E-state index contributed by atoms with van der Waals surface area (Å²) in [6.45, 7) is 6.53. The Morgan fingerprint density at radius 3 is 2.39 bits per heavy atom. The first-order chi connectivity index (χ1) is 14.9. The quantitative estimate of drug-likeness (QED) is 0.683. The van der Waals surface area contributed by atoms with Crippen LogP contribution in [0.2, 0.25) is 0 Å². The second-order valence-electron chi connectivity index (χ2n) is 8.76. The van der Waals surface area contributed by atoms with Gasteiger partial charge in [-0.05, 0) is 43.0 Å². The van der Waals surface area contributed by atoms with E-state index >= 15 is 0 Å². The molecule has 1 aromatic carbocycles. The molecule has 0 saturated carbocycles. The average molecular weight is 429 g/mol. The Balaban J connectivity index is 1.61. The molecule has 2 bridgehead atoms. The summed E-state index contributed by atoms with van der Waals surface area (Å²) in [5, 5.41) is 11.8. The Bertz CT molecular complexity index is 791. The molecule has 8 nitrogen and oxygen atoms in total. The highest BCUT2D eigenvalue weighted by Gasteiger charge is 2.42. The fraction of sp³-hybridized carbons (Fsp3) is 0.609. The fourth-order valence-electron chi connectivity index (χ4n) is 4.41. The van der Waals surface area contributed by atoms with Crippen molar-refractivity contribution in [2.45, 2.75) is 51.2 Å². The highest BCUT2D eigenvalue weighted by molar-refractivity contribution is 5.76. The number of likely N-dealkylation sites (tertiary alicyclic amines) is 1. The molecule has 1 aromatic rings. The molecule has 1 N–H and O–H groups in total. The number of hydrogen-bond acceptors (Lipinski definition) is 6. The monoisotopic (exact) mass is 428 g/mol. The van der Waals surface area contributed by atoms with Gasteiger partial charge in [0.2, 0.25) is 5.91 Å². The van der Waals surface area contributed by atoms with Crippen LogP contribution in [0.1, 0.15) is 38.7 Å². The van der Waals surface area contributed by atoms with Crippen molar-refractivity contribution >= 4 is 12.0 Å². The zero-order chi connectivity index (χ0) is 22.4. The molecule has 2 amide bonds. The van der Waals surface area contributed by atoms with E-state index in [9.17, 15) is 9.59 Å². The Labute approximate surface area is 184 Å². The van der Waals surface area contributed by atoms with Crippen LogP contribution in [0.25, 0.3) is 0 Å². The van der Waals surface area contributed by atoms with Gasteiger partial charge >= 0.3 is 6.09 Å². The number of ether oxygens (including phenoxy) is 2. The maximum atomic E-state index is 12.5. The summed E-state index contributed by atoms with van der Waals surface area (Å²) in [5.41, 5.74) is 0.568. The van der Waals surface area contributed by atoms with Gasteiger partial charge in [-0.15, -0.1) is 0 Å². The van der Waals surface area contributed by atoms with Gasteiger partial charge in [0.05, 0.1) is 24.8 Å². The lowest BCUT2D eigenvalue weighted by atomic mass is 10.1. The molecule has 0 spiro atoms. The maximum absolute atomic E-state index is 12.5.